The molecule has 1 aliphatic heterocycles. The molecule has 0 aromatic rings. The molecule has 1 unspecified atom stereocenters. The minimum atomic E-state index is 0.179. The third-order valence-electron chi connectivity index (χ3n) is 4.24. The van der Waals surface area contributed by atoms with E-state index in [2.05, 4.69) is 31.0 Å². The maximum atomic E-state index is 11.6. The van der Waals surface area contributed by atoms with Gasteiger partial charge >= 0.3 is 0 Å². The van der Waals surface area contributed by atoms with Crippen LogP contribution in [-0.4, -0.2) is 42.9 Å². The Morgan fingerprint density at radius 3 is 2.65 bits per heavy atom. The summed E-state index contributed by atoms with van der Waals surface area (Å²) in [6, 6.07) is 0.399. The summed E-state index contributed by atoms with van der Waals surface area (Å²) in [6.45, 7) is 11.1. The van der Waals surface area contributed by atoms with E-state index in [0.29, 0.717) is 18.2 Å². The van der Waals surface area contributed by atoms with Crippen LogP contribution in [0.4, 0.5) is 0 Å². The van der Waals surface area contributed by atoms with Crippen LogP contribution in [0, 0.1) is 5.41 Å². The van der Waals surface area contributed by atoms with E-state index in [0.717, 1.165) is 32.6 Å². The fraction of sp³-hybridized carbons (Fsp3) is 0.786. The van der Waals surface area contributed by atoms with E-state index in [9.17, 15) is 4.79 Å². The van der Waals surface area contributed by atoms with Crippen LogP contribution in [0.3, 0.4) is 0 Å². The van der Waals surface area contributed by atoms with Gasteiger partial charge < -0.3 is 5.32 Å². The van der Waals surface area contributed by atoms with E-state index in [1.807, 2.05) is 6.08 Å². The Labute approximate surface area is 104 Å². The molecule has 1 fully saturated rings. The zero-order chi connectivity index (χ0) is 12.5. The summed E-state index contributed by atoms with van der Waals surface area (Å²) in [5, 5.41) is 3.37. The lowest BCUT2D eigenvalue weighted by atomic mass is 9.72. The number of carbonyl (C=O) groups excluding carboxylic acids is 1. The highest BCUT2D eigenvalue weighted by atomic mass is 16.1. The molecule has 0 amide bonds. The second-order valence-corrected chi connectivity index (χ2v) is 5.91. The van der Waals surface area contributed by atoms with Crippen molar-refractivity contribution in [2.24, 2.45) is 5.41 Å². The van der Waals surface area contributed by atoms with Gasteiger partial charge in [0.2, 0.25) is 0 Å². The Kier molecular flexibility index (Phi) is 3.69. The summed E-state index contributed by atoms with van der Waals surface area (Å²) in [7, 11) is 0. The van der Waals surface area contributed by atoms with E-state index in [1.54, 1.807) is 0 Å². The maximum Gasteiger partial charge on any atom is 0.155 e. The Hall–Kier alpha value is -0.670. The van der Waals surface area contributed by atoms with E-state index >= 15 is 0 Å². The molecular weight excluding hydrogens is 212 g/mol. The molecule has 0 bridgehead atoms. The number of nitrogens with one attached hydrogen (secondary N) is 1. The van der Waals surface area contributed by atoms with Gasteiger partial charge in [-0.1, -0.05) is 13.8 Å². The SMILES string of the molecule is CC(C1=CC(=O)CCC1(C)C)N1CCNCC1. The Morgan fingerprint density at radius 1 is 1.35 bits per heavy atom. The molecule has 0 spiro atoms. The number of ketones is 1. The predicted octanol–water partition coefficient (Wildman–Crippen LogP) is 1.60. The highest BCUT2D eigenvalue weighted by Crippen LogP contribution is 2.38. The van der Waals surface area contributed by atoms with Gasteiger partial charge in [0.15, 0.2) is 5.78 Å². The molecule has 96 valence electrons. The van der Waals surface area contributed by atoms with Crippen LogP contribution in [-0.2, 0) is 4.79 Å². The normalized spacial score (nSPS) is 27.7. The van der Waals surface area contributed by atoms with Crippen LogP contribution in [0.1, 0.15) is 33.6 Å². The first-order chi connectivity index (χ1) is 8.00. The second kappa shape index (κ2) is 4.91. The molecule has 0 radical (unpaired) electrons. The summed E-state index contributed by atoms with van der Waals surface area (Å²) in [6.07, 6.45) is 3.62. The average Bonchev–Trinajstić information content (AvgIpc) is 2.33. The molecule has 1 aliphatic carbocycles. The van der Waals surface area contributed by atoms with Gasteiger partial charge in [-0.3, -0.25) is 9.69 Å². The van der Waals surface area contributed by atoms with Crippen molar-refractivity contribution in [3.05, 3.63) is 11.6 Å². The molecule has 17 heavy (non-hydrogen) atoms. The number of rotatable bonds is 2. The highest BCUT2D eigenvalue weighted by molar-refractivity contribution is 5.91. The standard InChI is InChI=1S/C14H24N2O/c1-11(16-8-6-15-7-9-16)13-10-12(17)4-5-14(13,2)3/h10-11,15H,4-9H2,1-3H3. The summed E-state index contributed by atoms with van der Waals surface area (Å²) in [5.41, 5.74) is 1.51. The first-order valence-corrected chi connectivity index (χ1v) is 6.70. The van der Waals surface area contributed by atoms with Gasteiger partial charge in [0, 0.05) is 38.6 Å². The summed E-state index contributed by atoms with van der Waals surface area (Å²) >= 11 is 0. The van der Waals surface area contributed by atoms with E-state index in [1.165, 1.54) is 5.57 Å². The first kappa shape index (κ1) is 12.8. The smallest absolute Gasteiger partial charge is 0.155 e. The van der Waals surface area contributed by atoms with Crippen molar-refractivity contribution < 1.29 is 4.79 Å². The Bertz CT molecular complexity index is 327. The summed E-state index contributed by atoms with van der Waals surface area (Å²) < 4.78 is 0. The van der Waals surface area contributed by atoms with Crippen molar-refractivity contribution in [3.63, 3.8) is 0 Å². The van der Waals surface area contributed by atoms with Crippen molar-refractivity contribution in [2.75, 3.05) is 26.2 Å². The molecule has 1 saturated heterocycles. The summed E-state index contributed by atoms with van der Waals surface area (Å²) in [5.74, 6) is 0.307. The maximum absolute atomic E-state index is 11.6. The van der Waals surface area contributed by atoms with Gasteiger partial charge in [-0.2, -0.15) is 0 Å². The second-order valence-electron chi connectivity index (χ2n) is 5.91. The van der Waals surface area contributed by atoms with Crippen molar-refractivity contribution in [2.45, 2.75) is 39.7 Å². The molecule has 3 nitrogen and oxygen atoms in total. The fourth-order valence-electron chi connectivity index (χ4n) is 2.97. The minimum absolute atomic E-state index is 0.179. The van der Waals surface area contributed by atoms with Crippen LogP contribution in [0.15, 0.2) is 11.6 Å². The lowest BCUT2D eigenvalue weighted by molar-refractivity contribution is -0.115. The molecule has 1 N–H and O–H groups in total. The van der Waals surface area contributed by atoms with Crippen LogP contribution >= 0.6 is 0 Å². The molecule has 1 atom stereocenters. The molecule has 3 heteroatoms. The predicted molar refractivity (Wildman–Crippen MR) is 70.0 cm³/mol. The molecule has 0 aromatic heterocycles. The van der Waals surface area contributed by atoms with E-state index in [4.69, 9.17) is 0 Å². The summed E-state index contributed by atoms with van der Waals surface area (Å²) in [4.78, 5) is 14.1. The number of nitrogens with zero attached hydrogens (tertiary/aromatic N) is 1. The quantitative estimate of drug-likeness (QED) is 0.790. The molecule has 1 heterocycles. The van der Waals surface area contributed by atoms with Gasteiger partial charge in [-0.05, 0) is 30.4 Å². The average molecular weight is 236 g/mol. The monoisotopic (exact) mass is 236 g/mol. The van der Waals surface area contributed by atoms with Gasteiger partial charge in [-0.15, -0.1) is 0 Å². The number of allylic oxidation sites excluding steroid dienone is 1. The molecule has 2 rings (SSSR count). The molecule has 0 saturated carbocycles. The van der Waals surface area contributed by atoms with Gasteiger partial charge in [0.25, 0.3) is 0 Å². The van der Waals surface area contributed by atoms with Crippen LogP contribution in [0.2, 0.25) is 0 Å². The van der Waals surface area contributed by atoms with Gasteiger partial charge in [-0.25, -0.2) is 0 Å². The van der Waals surface area contributed by atoms with Crippen LogP contribution < -0.4 is 5.32 Å². The highest BCUT2D eigenvalue weighted by Gasteiger charge is 2.34. The largest absolute Gasteiger partial charge is 0.314 e. The first-order valence-electron chi connectivity index (χ1n) is 6.70. The number of hydrogen-bond donors (Lipinski definition) is 1. The Balaban J connectivity index is 2.15. The third kappa shape index (κ3) is 2.78. The van der Waals surface area contributed by atoms with Crippen molar-refractivity contribution in [3.8, 4) is 0 Å². The van der Waals surface area contributed by atoms with Crippen LogP contribution in [0.25, 0.3) is 0 Å². The van der Waals surface area contributed by atoms with Crippen LogP contribution in [0.5, 0.6) is 0 Å². The number of hydrogen-bond acceptors (Lipinski definition) is 3. The topological polar surface area (TPSA) is 32.3 Å². The zero-order valence-electron chi connectivity index (χ0n) is 11.3. The number of carbonyl (C=O) groups is 1. The van der Waals surface area contributed by atoms with E-state index < -0.39 is 0 Å². The number of piperazine rings is 1. The van der Waals surface area contributed by atoms with Crippen molar-refractivity contribution >= 4 is 5.78 Å². The molecule has 2 aliphatic rings. The molecular formula is C14H24N2O. The fourth-order valence-corrected chi connectivity index (χ4v) is 2.97. The third-order valence-corrected chi connectivity index (χ3v) is 4.24. The Morgan fingerprint density at radius 2 is 2.00 bits per heavy atom. The van der Waals surface area contributed by atoms with Gasteiger partial charge in [0.05, 0.1) is 0 Å². The molecule has 0 aromatic carbocycles. The van der Waals surface area contributed by atoms with E-state index in [-0.39, 0.29) is 5.41 Å². The lowest BCUT2D eigenvalue weighted by Gasteiger charge is -2.41. The zero-order valence-corrected chi connectivity index (χ0v) is 11.3. The van der Waals surface area contributed by atoms with Gasteiger partial charge in [0.1, 0.15) is 0 Å². The van der Waals surface area contributed by atoms with Crippen molar-refractivity contribution in [1.82, 2.24) is 10.2 Å². The van der Waals surface area contributed by atoms with Crippen molar-refractivity contribution in [1.29, 1.82) is 0 Å². The lowest BCUT2D eigenvalue weighted by Crippen LogP contribution is -2.49. The minimum Gasteiger partial charge on any atom is -0.314 e.